The third-order valence-corrected chi connectivity index (χ3v) is 4.19. The smallest absolute Gasteiger partial charge is 0.264 e. The second kappa shape index (κ2) is 5.92. The molecule has 0 bridgehead atoms. The Balaban J connectivity index is 1.92. The minimum Gasteiger partial charge on any atom is -0.497 e. The highest BCUT2D eigenvalue weighted by molar-refractivity contribution is 7.86. The molecule has 1 aromatic rings. The van der Waals surface area contributed by atoms with Gasteiger partial charge in [-0.2, -0.15) is 8.42 Å². The molecule has 0 unspecified atom stereocenters. The molecule has 0 aliphatic heterocycles. The highest BCUT2D eigenvalue weighted by atomic mass is 32.2. The van der Waals surface area contributed by atoms with Gasteiger partial charge in [-0.05, 0) is 49.3 Å². The van der Waals surface area contributed by atoms with Gasteiger partial charge in [0, 0.05) is 0 Å². The first-order chi connectivity index (χ1) is 8.98. The summed E-state index contributed by atoms with van der Waals surface area (Å²) in [6.45, 7) is 0. The second-order valence-electron chi connectivity index (χ2n) is 5.05. The van der Waals surface area contributed by atoms with Crippen molar-refractivity contribution < 1.29 is 17.3 Å². The van der Waals surface area contributed by atoms with Crippen molar-refractivity contribution in [3.63, 3.8) is 0 Å². The largest absolute Gasteiger partial charge is 0.497 e. The molecular formula is C14H20O4S. The number of ether oxygens (including phenoxy) is 1. The van der Waals surface area contributed by atoms with Crippen molar-refractivity contribution in [2.24, 2.45) is 0 Å². The highest BCUT2D eigenvalue weighted by Crippen LogP contribution is 2.34. The Morgan fingerprint density at radius 1 is 1.05 bits per heavy atom. The lowest BCUT2D eigenvalue weighted by atomic mass is 9.83. The molecule has 1 aliphatic carbocycles. The topological polar surface area (TPSA) is 52.6 Å². The molecule has 0 aromatic heterocycles. The number of benzene rings is 1. The number of hydrogen-bond acceptors (Lipinski definition) is 4. The van der Waals surface area contributed by atoms with E-state index in [4.69, 9.17) is 8.92 Å². The molecule has 0 radical (unpaired) electrons. The van der Waals surface area contributed by atoms with Crippen molar-refractivity contribution in [2.75, 3.05) is 13.4 Å². The summed E-state index contributed by atoms with van der Waals surface area (Å²) in [6.07, 6.45) is 4.49. The van der Waals surface area contributed by atoms with Crippen LogP contribution in [-0.4, -0.2) is 27.9 Å². The van der Waals surface area contributed by atoms with Crippen LogP contribution >= 0.6 is 0 Å². The van der Waals surface area contributed by atoms with Gasteiger partial charge in [0.2, 0.25) is 0 Å². The number of rotatable bonds is 4. The lowest BCUT2D eigenvalue weighted by molar-refractivity contribution is 0.155. The summed E-state index contributed by atoms with van der Waals surface area (Å²) in [7, 11) is -1.68. The maximum Gasteiger partial charge on any atom is 0.264 e. The summed E-state index contributed by atoms with van der Waals surface area (Å²) in [4.78, 5) is 0. The van der Waals surface area contributed by atoms with Gasteiger partial charge >= 0.3 is 0 Å². The van der Waals surface area contributed by atoms with Gasteiger partial charge in [0.15, 0.2) is 0 Å². The SMILES string of the molecule is COc1ccc([C@H]2CC[C@@H](OS(C)(=O)=O)CC2)cc1. The second-order valence-corrected chi connectivity index (χ2v) is 6.65. The molecule has 106 valence electrons. The predicted octanol–water partition coefficient (Wildman–Crippen LogP) is 2.70. The van der Waals surface area contributed by atoms with Crippen LogP contribution in [0.3, 0.4) is 0 Å². The Morgan fingerprint density at radius 3 is 2.11 bits per heavy atom. The Hall–Kier alpha value is -1.07. The van der Waals surface area contributed by atoms with E-state index in [-0.39, 0.29) is 6.10 Å². The van der Waals surface area contributed by atoms with Gasteiger partial charge in [-0.15, -0.1) is 0 Å². The van der Waals surface area contributed by atoms with Gasteiger partial charge in [-0.25, -0.2) is 0 Å². The molecule has 1 fully saturated rings. The quantitative estimate of drug-likeness (QED) is 0.798. The normalized spacial score (nSPS) is 24.1. The maximum atomic E-state index is 11.1. The van der Waals surface area contributed by atoms with Crippen molar-refractivity contribution in [1.82, 2.24) is 0 Å². The van der Waals surface area contributed by atoms with E-state index >= 15 is 0 Å². The highest BCUT2D eigenvalue weighted by Gasteiger charge is 2.25. The zero-order valence-corrected chi connectivity index (χ0v) is 12.2. The van der Waals surface area contributed by atoms with E-state index < -0.39 is 10.1 Å². The molecule has 4 nitrogen and oxygen atoms in total. The molecule has 0 spiro atoms. The van der Waals surface area contributed by atoms with Crippen molar-refractivity contribution in [1.29, 1.82) is 0 Å². The van der Waals surface area contributed by atoms with Gasteiger partial charge in [-0.1, -0.05) is 12.1 Å². The molecule has 19 heavy (non-hydrogen) atoms. The summed E-state index contributed by atoms with van der Waals surface area (Å²) in [5, 5.41) is 0. The molecule has 1 aromatic carbocycles. The Morgan fingerprint density at radius 2 is 1.63 bits per heavy atom. The fourth-order valence-corrected chi connectivity index (χ4v) is 3.30. The summed E-state index contributed by atoms with van der Waals surface area (Å²) >= 11 is 0. The van der Waals surface area contributed by atoms with E-state index in [1.807, 2.05) is 12.1 Å². The average molecular weight is 284 g/mol. The van der Waals surface area contributed by atoms with Crippen molar-refractivity contribution in [3.05, 3.63) is 29.8 Å². The average Bonchev–Trinajstić information content (AvgIpc) is 2.38. The molecule has 5 heteroatoms. The van der Waals surface area contributed by atoms with E-state index in [9.17, 15) is 8.42 Å². The van der Waals surface area contributed by atoms with Gasteiger partial charge in [-0.3, -0.25) is 4.18 Å². The molecule has 2 rings (SSSR count). The van der Waals surface area contributed by atoms with Crippen molar-refractivity contribution in [2.45, 2.75) is 37.7 Å². The van der Waals surface area contributed by atoms with E-state index in [1.54, 1.807) is 7.11 Å². The zero-order valence-electron chi connectivity index (χ0n) is 11.3. The summed E-state index contributed by atoms with van der Waals surface area (Å²) in [5.41, 5.74) is 1.29. The van der Waals surface area contributed by atoms with Crippen LogP contribution < -0.4 is 4.74 Å². The minimum atomic E-state index is -3.33. The third kappa shape index (κ3) is 4.21. The van der Waals surface area contributed by atoms with Crippen LogP contribution in [0.1, 0.15) is 37.2 Å². The Kier molecular flexibility index (Phi) is 4.47. The van der Waals surface area contributed by atoms with Crippen LogP contribution in [0.5, 0.6) is 5.75 Å². The monoisotopic (exact) mass is 284 g/mol. The summed E-state index contributed by atoms with van der Waals surface area (Å²) in [5.74, 6) is 1.35. The van der Waals surface area contributed by atoms with Gasteiger partial charge < -0.3 is 4.74 Å². The van der Waals surface area contributed by atoms with Crippen LogP contribution in [0.15, 0.2) is 24.3 Å². The molecule has 1 aliphatic rings. The standard InChI is InChI=1S/C14H20O4S/c1-17-13-7-3-11(4-8-13)12-5-9-14(10-6-12)18-19(2,15)16/h3-4,7-8,12,14H,5-6,9-10H2,1-2H3/t12-,14+. The van der Waals surface area contributed by atoms with Crippen LogP contribution in [-0.2, 0) is 14.3 Å². The first kappa shape index (κ1) is 14.3. The van der Waals surface area contributed by atoms with Crippen molar-refractivity contribution in [3.8, 4) is 5.75 Å². The lowest BCUT2D eigenvalue weighted by Crippen LogP contribution is -2.23. The molecular weight excluding hydrogens is 264 g/mol. The lowest BCUT2D eigenvalue weighted by Gasteiger charge is -2.28. The maximum absolute atomic E-state index is 11.1. The molecule has 0 saturated heterocycles. The summed E-state index contributed by atoms with van der Waals surface area (Å²) < 4.78 is 32.4. The molecule has 1 saturated carbocycles. The first-order valence-corrected chi connectivity index (χ1v) is 8.32. The van der Waals surface area contributed by atoms with Gasteiger partial charge in [0.05, 0.1) is 19.5 Å². The van der Waals surface area contributed by atoms with Gasteiger partial charge in [0.1, 0.15) is 5.75 Å². The van der Waals surface area contributed by atoms with E-state index in [0.29, 0.717) is 5.92 Å². The molecule has 0 atom stereocenters. The first-order valence-electron chi connectivity index (χ1n) is 6.50. The Bertz CT molecular complexity index is 499. The van der Waals surface area contributed by atoms with Crippen LogP contribution in [0.25, 0.3) is 0 Å². The zero-order chi connectivity index (χ0) is 13.9. The fraction of sp³-hybridized carbons (Fsp3) is 0.571. The molecule has 0 N–H and O–H groups in total. The number of hydrogen-bond donors (Lipinski definition) is 0. The van der Waals surface area contributed by atoms with E-state index in [1.165, 1.54) is 5.56 Å². The van der Waals surface area contributed by atoms with Crippen LogP contribution in [0, 0.1) is 0 Å². The van der Waals surface area contributed by atoms with E-state index in [2.05, 4.69) is 12.1 Å². The van der Waals surface area contributed by atoms with Gasteiger partial charge in [0.25, 0.3) is 10.1 Å². The summed E-state index contributed by atoms with van der Waals surface area (Å²) in [6, 6.07) is 8.10. The van der Waals surface area contributed by atoms with Crippen LogP contribution in [0.2, 0.25) is 0 Å². The third-order valence-electron chi connectivity index (χ3n) is 3.57. The predicted molar refractivity (Wildman–Crippen MR) is 73.9 cm³/mol. The number of methoxy groups -OCH3 is 1. The Labute approximate surface area is 114 Å². The van der Waals surface area contributed by atoms with Crippen LogP contribution in [0.4, 0.5) is 0 Å². The fourth-order valence-electron chi connectivity index (χ4n) is 2.62. The van der Waals surface area contributed by atoms with Crippen molar-refractivity contribution >= 4 is 10.1 Å². The molecule has 0 heterocycles. The minimum absolute atomic E-state index is 0.149. The molecule has 0 amide bonds. The van der Waals surface area contributed by atoms with E-state index in [0.717, 1.165) is 37.7 Å².